The minimum atomic E-state index is -4.96. The van der Waals surface area contributed by atoms with Gasteiger partial charge in [-0.05, 0) is 0 Å². The summed E-state index contributed by atoms with van der Waals surface area (Å²) in [5.74, 6) is 0. The van der Waals surface area contributed by atoms with Gasteiger partial charge in [-0.25, -0.2) is 0 Å². The molecule has 6 aliphatic heterocycles. The van der Waals surface area contributed by atoms with Crippen LogP contribution in [0.4, 0.5) is 102 Å². The normalized spacial score (nSPS) is 14.7. The van der Waals surface area contributed by atoms with Crippen molar-refractivity contribution in [3.8, 4) is 0 Å². The predicted octanol–water partition coefficient (Wildman–Crippen LogP) is 19.8. The molecule has 0 aliphatic carbocycles. The Bertz CT molecular complexity index is 5710. The molecular weight excluding hydrogens is 1360 g/mol. The molecule has 17 aromatic rings. The van der Waals surface area contributed by atoms with Crippen LogP contribution in [0.15, 0.2) is 364 Å². The summed E-state index contributed by atoms with van der Waals surface area (Å²) in [6, 6.07) is 141. The standard InChI is InChI=1S/C94H60Ge2N6/c1-9-37-65(38-10-1)95-81-77-57-61-33-25-29-53-73(61)87(81)101(71-49-21-7-22-50-71)88-74-54-30-26-34-62(74)58-78(82(88)95)98(68-43-15-4-16-44-68)92-85(95)91(97(77)67-41-13-3-14-42-67)93-86-94(92)100(70-47-19-6-20-48-70)80-60-64-36-28-32-56-76(64)90-84(80)96(86,66-39-11-2-12-40-66)83-79(99(93)69-45-17-5-18-46-69)59-63-35-27-31-55-75(63)89(83)102(90)72-51-23-8-24-52-72/h1-60H. The van der Waals surface area contributed by atoms with Crippen LogP contribution in [0.2, 0.25) is 0 Å². The van der Waals surface area contributed by atoms with Crippen molar-refractivity contribution in [3.05, 3.63) is 364 Å². The Balaban J connectivity index is 1.07. The van der Waals surface area contributed by atoms with Crippen LogP contribution in [0.25, 0.3) is 43.1 Å². The van der Waals surface area contributed by atoms with Crippen LogP contribution in [0, 0.1) is 0 Å². The molecule has 0 saturated carbocycles. The van der Waals surface area contributed by atoms with E-state index in [1.165, 1.54) is 147 Å². The molecule has 6 nitrogen and oxygen atoms in total. The molecule has 6 heterocycles. The molecular formula is C94H60Ge2N6. The first kappa shape index (κ1) is 56.5. The van der Waals surface area contributed by atoms with Crippen LogP contribution >= 0.6 is 0 Å². The monoisotopic (exact) mass is 1420 g/mol. The van der Waals surface area contributed by atoms with Gasteiger partial charge < -0.3 is 0 Å². The van der Waals surface area contributed by atoms with Crippen LogP contribution in [0.5, 0.6) is 0 Å². The van der Waals surface area contributed by atoms with Gasteiger partial charge in [0.1, 0.15) is 0 Å². The maximum atomic E-state index is 2.81. The van der Waals surface area contributed by atoms with Gasteiger partial charge in [0, 0.05) is 0 Å². The molecule has 0 atom stereocenters. The average Bonchev–Trinajstić information content (AvgIpc) is 0.624. The van der Waals surface area contributed by atoms with E-state index in [1.54, 1.807) is 0 Å². The van der Waals surface area contributed by atoms with Gasteiger partial charge in [0.25, 0.3) is 0 Å². The molecule has 8 heteroatoms. The van der Waals surface area contributed by atoms with Crippen molar-refractivity contribution in [2.24, 2.45) is 0 Å². The van der Waals surface area contributed by atoms with E-state index in [2.05, 4.69) is 393 Å². The van der Waals surface area contributed by atoms with Gasteiger partial charge in [-0.2, -0.15) is 0 Å². The number of para-hydroxylation sites is 6. The van der Waals surface area contributed by atoms with Crippen LogP contribution in [0.3, 0.4) is 0 Å². The Morgan fingerprint density at radius 1 is 0.157 bits per heavy atom. The summed E-state index contributed by atoms with van der Waals surface area (Å²) >= 11 is -9.92. The number of anilines is 18. The SMILES string of the molecule is c1ccc(N2c3cc4ccccc4c4[c]3[Ge]3([c]5ccccc5)[c]5c2c2[c]6c(c5N(c5ccccc5)c5cc7ccccc7c([c]53)N4c3ccccc3)N(c3ccccc3)c3cc4ccccc4c4[c]3[Ge]6([c]3ccccc3)[c]3c(cc5ccccc5c3N4c3ccccc3)N2c2ccccc2)cc1. The summed E-state index contributed by atoms with van der Waals surface area (Å²) in [6.07, 6.45) is 0. The Kier molecular flexibility index (Phi) is 11.7. The van der Waals surface area contributed by atoms with Gasteiger partial charge in [0.2, 0.25) is 0 Å². The zero-order valence-corrected chi connectivity index (χ0v) is 59.5. The van der Waals surface area contributed by atoms with E-state index in [-0.39, 0.29) is 0 Å². The second-order valence-corrected chi connectivity index (χ2v) is 42.8. The van der Waals surface area contributed by atoms with Gasteiger partial charge >= 0.3 is 601 Å². The third kappa shape index (κ3) is 7.14. The van der Waals surface area contributed by atoms with Crippen molar-refractivity contribution < 1.29 is 0 Å². The Labute approximate surface area is 596 Å². The summed E-state index contributed by atoms with van der Waals surface area (Å²) in [5.41, 5.74) is 21.5. The van der Waals surface area contributed by atoms with E-state index in [9.17, 15) is 0 Å². The van der Waals surface area contributed by atoms with Crippen molar-refractivity contribution in [2.75, 3.05) is 29.4 Å². The molecule has 0 radical (unpaired) electrons. The fourth-order valence-electron chi connectivity index (χ4n) is 19.4. The van der Waals surface area contributed by atoms with Crippen LogP contribution < -0.4 is 64.6 Å². The molecule has 0 aromatic heterocycles. The summed E-state index contributed by atoms with van der Waals surface area (Å²) in [6.45, 7) is 0. The summed E-state index contributed by atoms with van der Waals surface area (Å²) < 4.78 is 11.3. The molecule has 23 rings (SSSR count). The van der Waals surface area contributed by atoms with Crippen molar-refractivity contribution in [1.29, 1.82) is 0 Å². The Morgan fingerprint density at radius 2 is 0.343 bits per heavy atom. The van der Waals surface area contributed by atoms with Crippen molar-refractivity contribution >= 4 is 207 Å². The third-order valence-electron chi connectivity index (χ3n) is 22.9. The summed E-state index contributed by atoms with van der Waals surface area (Å²) in [5, 5.41) is 9.66. The molecule has 102 heavy (non-hydrogen) atoms. The molecule has 0 N–H and O–H groups in total. The molecule has 17 aromatic carbocycles. The zero-order valence-electron chi connectivity index (χ0n) is 55.3. The van der Waals surface area contributed by atoms with Gasteiger partial charge in [0.05, 0.1) is 0 Å². The van der Waals surface area contributed by atoms with E-state index in [0.717, 1.165) is 34.1 Å². The maximum absolute atomic E-state index is 4.96. The van der Waals surface area contributed by atoms with Gasteiger partial charge in [0.15, 0.2) is 0 Å². The molecule has 0 spiro atoms. The molecule has 0 saturated heterocycles. The summed E-state index contributed by atoms with van der Waals surface area (Å²) in [4.78, 5) is 16.7. The van der Waals surface area contributed by atoms with E-state index in [4.69, 9.17) is 0 Å². The second kappa shape index (κ2) is 21.1. The Hall–Kier alpha value is -12.3. The topological polar surface area (TPSA) is 19.4 Å². The van der Waals surface area contributed by atoms with Crippen LogP contribution in [-0.4, -0.2) is 26.5 Å². The number of rotatable bonds is 8. The second-order valence-electron chi connectivity index (χ2n) is 27.8. The quantitative estimate of drug-likeness (QED) is 0.140. The van der Waals surface area contributed by atoms with Gasteiger partial charge in [-0.15, -0.1) is 0 Å². The number of benzene rings is 17. The third-order valence-corrected chi connectivity index (χ3v) is 43.5. The van der Waals surface area contributed by atoms with E-state index in [0.29, 0.717) is 0 Å². The van der Waals surface area contributed by atoms with Crippen LogP contribution in [-0.2, 0) is 0 Å². The van der Waals surface area contributed by atoms with E-state index >= 15 is 0 Å². The van der Waals surface area contributed by atoms with Crippen molar-refractivity contribution in [1.82, 2.24) is 0 Å². The minimum absolute atomic E-state index is 1.10. The van der Waals surface area contributed by atoms with E-state index in [1.807, 2.05) is 0 Å². The van der Waals surface area contributed by atoms with Gasteiger partial charge in [-0.3, -0.25) is 0 Å². The molecule has 0 bridgehead atoms. The summed E-state index contributed by atoms with van der Waals surface area (Å²) in [7, 11) is 0. The fourth-order valence-corrected chi connectivity index (χ4v) is 43.8. The molecule has 0 unspecified atom stereocenters. The number of hydrogen-bond donors (Lipinski definition) is 0. The number of hydrogen-bond acceptors (Lipinski definition) is 6. The first-order valence-electron chi connectivity index (χ1n) is 35.4. The van der Waals surface area contributed by atoms with Gasteiger partial charge in [-0.1, -0.05) is 0 Å². The Morgan fingerprint density at radius 3 is 0.569 bits per heavy atom. The molecule has 0 fully saturated rings. The van der Waals surface area contributed by atoms with Crippen molar-refractivity contribution in [3.63, 3.8) is 0 Å². The molecule has 6 aliphatic rings. The fraction of sp³-hybridized carbons (Fsp3) is 0. The average molecular weight is 1420 g/mol. The molecule has 0 amide bonds. The first-order chi connectivity index (χ1) is 50.7. The first-order valence-corrected chi connectivity index (χ1v) is 43.8. The van der Waals surface area contributed by atoms with Crippen LogP contribution in [0.1, 0.15) is 0 Å². The number of nitrogens with zero attached hydrogens (tertiary/aromatic N) is 6. The molecule has 474 valence electrons. The van der Waals surface area contributed by atoms with Crippen molar-refractivity contribution in [2.45, 2.75) is 0 Å². The predicted molar refractivity (Wildman–Crippen MR) is 433 cm³/mol. The zero-order chi connectivity index (χ0) is 66.5. The number of fused-ring (bicyclic) bond motifs is 10. The van der Waals surface area contributed by atoms with E-state index < -0.39 is 26.5 Å².